The third-order valence-electron chi connectivity index (χ3n) is 9.10. The number of nitrogens with zero attached hydrogens (tertiary/aromatic N) is 1. The smallest absolute Gasteiger partial charge is 0.311 e. The molecule has 6 atom stereocenters. The van der Waals surface area contributed by atoms with Gasteiger partial charge in [0.2, 0.25) is 0 Å². The number of carbonyl (C=O) groups excluding carboxylic acids is 2. The summed E-state index contributed by atoms with van der Waals surface area (Å²) in [5, 5.41) is 0.542. The Hall–Kier alpha value is -1.68. The molecule has 172 valence electrons. The predicted molar refractivity (Wildman–Crippen MR) is 124 cm³/mol. The monoisotopic (exact) mass is 455 g/mol. The first-order valence-electron chi connectivity index (χ1n) is 12.1. The Balaban J connectivity index is 1.44. The van der Waals surface area contributed by atoms with Gasteiger partial charge in [-0.3, -0.25) is 9.59 Å². The third kappa shape index (κ3) is 3.20. The lowest BCUT2D eigenvalue weighted by Gasteiger charge is -2.56. The van der Waals surface area contributed by atoms with Crippen LogP contribution in [0.25, 0.3) is 0 Å². The van der Waals surface area contributed by atoms with E-state index in [0.29, 0.717) is 17.5 Å². The molecule has 0 unspecified atom stereocenters. The van der Waals surface area contributed by atoms with Crippen LogP contribution in [0.2, 0.25) is 5.15 Å². The lowest BCUT2D eigenvalue weighted by molar-refractivity contribution is -0.160. The van der Waals surface area contributed by atoms with E-state index in [1.807, 2.05) is 32.9 Å². The molecule has 0 spiro atoms. The number of esters is 1. The minimum atomic E-state index is -0.509. The molecule has 1 aromatic heterocycles. The molecule has 0 aliphatic heterocycles. The van der Waals surface area contributed by atoms with Crippen LogP contribution in [0, 0.1) is 28.6 Å². The molecule has 5 heteroatoms. The molecule has 0 aromatic carbocycles. The number of carbonyl (C=O) groups is 2. The van der Waals surface area contributed by atoms with Gasteiger partial charge in [-0.15, -0.1) is 0 Å². The van der Waals surface area contributed by atoms with Crippen molar-refractivity contribution in [2.45, 2.75) is 84.7 Å². The van der Waals surface area contributed by atoms with Crippen LogP contribution in [0.1, 0.15) is 78.0 Å². The highest BCUT2D eigenvalue weighted by Gasteiger charge is 2.60. The van der Waals surface area contributed by atoms with Crippen LogP contribution in [0.3, 0.4) is 0 Å². The fraction of sp³-hybridized carbons (Fsp3) is 0.667. The lowest BCUT2D eigenvalue weighted by atomic mass is 9.47. The zero-order chi connectivity index (χ0) is 23.1. The number of fused-ring (bicyclic) bond motifs is 7. The molecule has 2 saturated carbocycles. The molecule has 4 aliphatic rings. The standard InChI is InChI=1S/C27H34ClNO3/c1-25(2,3)24(31)32-17-8-10-26(4)16(13-17)14-20(30)22-18(26)9-11-27(5)19(22)12-15-6-7-21(28)29-23(15)27/h6-7,14,17-19,22H,8-13H2,1-5H3/t17-,18-,19-,22+,26-,27-/m0/s1. The van der Waals surface area contributed by atoms with Crippen molar-refractivity contribution in [2.75, 3.05) is 0 Å². The fourth-order valence-electron chi connectivity index (χ4n) is 7.16. The Morgan fingerprint density at radius 2 is 1.81 bits per heavy atom. The molecule has 0 amide bonds. The van der Waals surface area contributed by atoms with Crippen LogP contribution in [0.15, 0.2) is 23.8 Å². The summed E-state index contributed by atoms with van der Waals surface area (Å²) in [6.45, 7) is 10.3. The molecule has 4 nitrogen and oxygen atoms in total. The summed E-state index contributed by atoms with van der Waals surface area (Å²) in [4.78, 5) is 30.7. The van der Waals surface area contributed by atoms with E-state index in [1.54, 1.807) is 0 Å². The summed E-state index contributed by atoms with van der Waals surface area (Å²) in [6, 6.07) is 3.98. The minimum absolute atomic E-state index is 0.00436. The van der Waals surface area contributed by atoms with Crippen molar-refractivity contribution < 1.29 is 14.3 Å². The second kappa shape index (κ2) is 7.16. The Morgan fingerprint density at radius 3 is 2.53 bits per heavy atom. The molecular formula is C27H34ClNO3. The van der Waals surface area contributed by atoms with Crippen molar-refractivity contribution in [3.63, 3.8) is 0 Å². The van der Waals surface area contributed by atoms with Gasteiger partial charge in [-0.25, -0.2) is 4.98 Å². The Kier molecular flexibility index (Phi) is 4.95. The third-order valence-corrected chi connectivity index (χ3v) is 9.31. The van der Waals surface area contributed by atoms with Crippen molar-refractivity contribution in [3.05, 3.63) is 40.2 Å². The average molecular weight is 456 g/mol. The summed E-state index contributed by atoms with van der Waals surface area (Å²) in [7, 11) is 0. The number of pyridine rings is 1. The first-order chi connectivity index (χ1) is 14.9. The number of allylic oxidation sites excluding steroid dienone is 1. The summed E-state index contributed by atoms with van der Waals surface area (Å²) in [5.41, 5.74) is 2.97. The van der Waals surface area contributed by atoms with Crippen molar-refractivity contribution in [1.82, 2.24) is 4.98 Å². The van der Waals surface area contributed by atoms with Gasteiger partial charge in [-0.05, 0) is 87.8 Å². The van der Waals surface area contributed by atoms with E-state index >= 15 is 0 Å². The first kappa shape index (κ1) is 22.1. The van der Waals surface area contributed by atoms with E-state index in [1.165, 1.54) is 11.1 Å². The van der Waals surface area contributed by atoms with Crippen molar-refractivity contribution in [2.24, 2.45) is 28.6 Å². The SMILES string of the molecule is CC(C)(C)C(=O)O[C@H]1CC[C@@]2(C)C(=CC(=O)[C@@H]3[C@@H]2CC[C@]2(C)c4nc(Cl)ccc4C[C@@H]32)C1. The van der Waals surface area contributed by atoms with Gasteiger partial charge in [0.25, 0.3) is 0 Å². The number of ether oxygens (including phenoxy) is 1. The highest BCUT2D eigenvalue weighted by molar-refractivity contribution is 6.29. The molecule has 1 heterocycles. The van der Waals surface area contributed by atoms with Crippen LogP contribution < -0.4 is 0 Å². The number of hydrogen-bond acceptors (Lipinski definition) is 4. The maximum atomic E-state index is 13.6. The molecule has 32 heavy (non-hydrogen) atoms. The predicted octanol–water partition coefficient (Wildman–Crippen LogP) is 5.85. The Bertz CT molecular complexity index is 1020. The molecule has 0 bridgehead atoms. The van der Waals surface area contributed by atoms with E-state index in [-0.39, 0.29) is 40.5 Å². The summed E-state index contributed by atoms with van der Waals surface area (Å²) in [6.07, 6.45) is 7.30. The van der Waals surface area contributed by atoms with Crippen molar-refractivity contribution in [3.8, 4) is 0 Å². The molecular weight excluding hydrogens is 422 g/mol. The highest BCUT2D eigenvalue weighted by Crippen LogP contribution is 2.63. The lowest BCUT2D eigenvalue weighted by Crippen LogP contribution is -2.54. The number of rotatable bonds is 1. The van der Waals surface area contributed by atoms with E-state index in [9.17, 15) is 9.59 Å². The van der Waals surface area contributed by atoms with Gasteiger partial charge in [0.15, 0.2) is 5.78 Å². The van der Waals surface area contributed by atoms with Gasteiger partial charge >= 0.3 is 5.97 Å². The second-order valence-electron chi connectivity index (χ2n) is 12.1. The van der Waals surface area contributed by atoms with E-state index in [0.717, 1.165) is 37.8 Å². The fourth-order valence-corrected chi connectivity index (χ4v) is 7.31. The van der Waals surface area contributed by atoms with Gasteiger partial charge in [0.05, 0.1) is 11.1 Å². The van der Waals surface area contributed by atoms with Crippen LogP contribution in [0.4, 0.5) is 0 Å². The maximum absolute atomic E-state index is 13.6. The molecule has 2 fully saturated rings. The molecule has 5 rings (SSSR count). The molecule has 0 N–H and O–H groups in total. The van der Waals surface area contributed by atoms with E-state index in [4.69, 9.17) is 21.3 Å². The van der Waals surface area contributed by atoms with Crippen molar-refractivity contribution in [1.29, 1.82) is 0 Å². The van der Waals surface area contributed by atoms with Crippen LogP contribution >= 0.6 is 11.6 Å². The zero-order valence-electron chi connectivity index (χ0n) is 19.8. The summed E-state index contributed by atoms with van der Waals surface area (Å²) < 4.78 is 5.85. The Morgan fingerprint density at radius 1 is 1.09 bits per heavy atom. The number of hydrogen-bond donors (Lipinski definition) is 0. The second-order valence-corrected chi connectivity index (χ2v) is 12.4. The molecule has 4 aliphatic carbocycles. The number of aromatic nitrogens is 1. The van der Waals surface area contributed by atoms with Crippen LogP contribution in [-0.2, 0) is 26.2 Å². The van der Waals surface area contributed by atoms with E-state index in [2.05, 4.69) is 19.9 Å². The zero-order valence-corrected chi connectivity index (χ0v) is 20.6. The highest BCUT2D eigenvalue weighted by atomic mass is 35.5. The molecule has 1 aromatic rings. The van der Waals surface area contributed by atoms with Gasteiger partial charge < -0.3 is 4.74 Å². The van der Waals surface area contributed by atoms with E-state index < -0.39 is 5.41 Å². The minimum Gasteiger partial charge on any atom is -0.462 e. The normalized spacial score (nSPS) is 38.2. The average Bonchev–Trinajstić information content (AvgIpc) is 3.00. The van der Waals surface area contributed by atoms with Crippen LogP contribution in [0.5, 0.6) is 0 Å². The number of ketones is 1. The Labute approximate surface area is 196 Å². The largest absolute Gasteiger partial charge is 0.462 e. The van der Waals surface area contributed by atoms with Gasteiger partial charge in [-0.1, -0.05) is 37.1 Å². The summed E-state index contributed by atoms with van der Waals surface area (Å²) >= 11 is 6.25. The topological polar surface area (TPSA) is 56.3 Å². The number of halogens is 1. The molecule has 0 saturated heterocycles. The van der Waals surface area contributed by atoms with Gasteiger partial charge in [0, 0.05) is 17.8 Å². The molecule has 0 radical (unpaired) electrons. The van der Waals surface area contributed by atoms with Gasteiger partial charge in [-0.2, -0.15) is 0 Å². The van der Waals surface area contributed by atoms with Crippen LogP contribution in [-0.4, -0.2) is 22.8 Å². The maximum Gasteiger partial charge on any atom is 0.311 e. The van der Waals surface area contributed by atoms with Gasteiger partial charge in [0.1, 0.15) is 11.3 Å². The quantitative estimate of drug-likeness (QED) is 0.393. The first-order valence-corrected chi connectivity index (χ1v) is 12.4. The summed E-state index contributed by atoms with van der Waals surface area (Å²) in [5.74, 6) is 0.761. The van der Waals surface area contributed by atoms with Crippen molar-refractivity contribution >= 4 is 23.4 Å².